The molecule has 1 atom stereocenters. The maximum Gasteiger partial charge on any atom is 0.264 e. The Labute approximate surface area is 201 Å². The number of rotatable bonds is 7. The van der Waals surface area contributed by atoms with Crippen molar-refractivity contribution >= 4 is 33.2 Å². The summed E-state index contributed by atoms with van der Waals surface area (Å²) in [6.07, 6.45) is 0. The van der Waals surface area contributed by atoms with E-state index in [4.69, 9.17) is 11.6 Å². The van der Waals surface area contributed by atoms with Crippen LogP contribution in [0.3, 0.4) is 0 Å². The van der Waals surface area contributed by atoms with Crippen molar-refractivity contribution in [2.24, 2.45) is 0 Å². The summed E-state index contributed by atoms with van der Waals surface area (Å²) >= 11 is 6.18. The lowest BCUT2D eigenvalue weighted by Gasteiger charge is -2.27. The molecule has 5 nitrogen and oxygen atoms in total. The lowest BCUT2D eigenvalue weighted by molar-refractivity contribution is -0.120. The third-order valence-electron chi connectivity index (χ3n) is 5.78. The molecule has 0 aliphatic rings. The smallest absolute Gasteiger partial charge is 0.264 e. The number of amides is 1. The molecule has 0 heterocycles. The number of sulfonamides is 1. The number of hydrogen-bond donors (Lipinski definition) is 1. The van der Waals surface area contributed by atoms with Gasteiger partial charge in [-0.2, -0.15) is 0 Å². The molecule has 3 aromatic carbocycles. The van der Waals surface area contributed by atoms with Gasteiger partial charge in [-0.15, -0.1) is 0 Å². The minimum atomic E-state index is -4.00. The van der Waals surface area contributed by atoms with E-state index in [0.29, 0.717) is 16.3 Å². The van der Waals surface area contributed by atoms with E-state index < -0.39 is 15.9 Å². The highest BCUT2D eigenvalue weighted by atomic mass is 35.5. The van der Waals surface area contributed by atoms with Gasteiger partial charge in [0.1, 0.15) is 6.54 Å². The van der Waals surface area contributed by atoms with E-state index in [1.54, 1.807) is 43.3 Å². The largest absolute Gasteiger partial charge is 0.348 e. The van der Waals surface area contributed by atoms with Gasteiger partial charge in [0.15, 0.2) is 0 Å². The average molecular weight is 485 g/mol. The van der Waals surface area contributed by atoms with Crippen LogP contribution in [0.2, 0.25) is 5.02 Å². The number of nitrogens with zero attached hydrogens (tertiary/aromatic N) is 1. The van der Waals surface area contributed by atoms with E-state index in [9.17, 15) is 13.2 Å². The maximum atomic E-state index is 13.5. The Hall–Kier alpha value is -2.83. The molecule has 0 aliphatic carbocycles. The van der Waals surface area contributed by atoms with Crippen LogP contribution in [0.25, 0.3) is 0 Å². The summed E-state index contributed by atoms with van der Waals surface area (Å²) in [6, 6.07) is 17.0. The molecule has 7 heteroatoms. The summed E-state index contributed by atoms with van der Waals surface area (Å²) in [6.45, 7) is 9.41. The van der Waals surface area contributed by atoms with Gasteiger partial charge >= 0.3 is 0 Å². The van der Waals surface area contributed by atoms with E-state index in [-0.39, 0.29) is 17.5 Å². The minimum absolute atomic E-state index is 0.107. The van der Waals surface area contributed by atoms with Crippen molar-refractivity contribution in [2.45, 2.75) is 45.6 Å². The maximum absolute atomic E-state index is 13.5. The third kappa shape index (κ3) is 5.57. The zero-order valence-electron chi connectivity index (χ0n) is 19.5. The first-order valence-corrected chi connectivity index (χ1v) is 12.5. The second kappa shape index (κ2) is 9.98. The molecule has 33 heavy (non-hydrogen) atoms. The lowest BCUT2D eigenvalue weighted by Crippen LogP contribution is -2.42. The van der Waals surface area contributed by atoms with Gasteiger partial charge in [0.25, 0.3) is 10.0 Å². The van der Waals surface area contributed by atoms with Crippen molar-refractivity contribution in [3.05, 3.63) is 93.5 Å². The van der Waals surface area contributed by atoms with Crippen LogP contribution in [0.4, 0.5) is 5.69 Å². The standard InChI is InChI=1S/C26H29ClN2O3S/c1-17-11-12-22(27)15-25(17)29(33(31,32)23-9-7-6-8-10-23)16-26(30)28-21(5)24-14-19(3)18(2)13-20(24)4/h6-15,21H,16H2,1-5H3,(H,28,30). The molecule has 0 aromatic heterocycles. The fraction of sp³-hybridized carbons (Fsp3) is 0.269. The first-order chi connectivity index (χ1) is 15.5. The minimum Gasteiger partial charge on any atom is -0.348 e. The molecule has 3 aromatic rings. The van der Waals surface area contributed by atoms with E-state index >= 15 is 0 Å². The van der Waals surface area contributed by atoms with Crippen molar-refractivity contribution in [2.75, 3.05) is 10.8 Å². The van der Waals surface area contributed by atoms with Crippen molar-refractivity contribution in [3.63, 3.8) is 0 Å². The number of nitrogens with one attached hydrogen (secondary N) is 1. The van der Waals surface area contributed by atoms with E-state index in [2.05, 4.69) is 24.4 Å². The highest BCUT2D eigenvalue weighted by molar-refractivity contribution is 7.92. The van der Waals surface area contributed by atoms with Crippen LogP contribution in [0.5, 0.6) is 0 Å². The number of aryl methyl sites for hydroxylation is 4. The van der Waals surface area contributed by atoms with Crippen LogP contribution in [0, 0.1) is 27.7 Å². The third-order valence-corrected chi connectivity index (χ3v) is 7.79. The average Bonchev–Trinajstić information content (AvgIpc) is 2.76. The SMILES string of the molecule is Cc1cc(C)c(C(C)NC(=O)CN(c2cc(Cl)ccc2C)S(=O)(=O)c2ccccc2)cc1C. The first-order valence-electron chi connectivity index (χ1n) is 10.7. The van der Waals surface area contributed by atoms with Gasteiger partial charge in [0, 0.05) is 5.02 Å². The van der Waals surface area contributed by atoms with Crippen LogP contribution in [-0.4, -0.2) is 20.9 Å². The fourth-order valence-electron chi connectivity index (χ4n) is 3.82. The predicted octanol–water partition coefficient (Wildman–Crippen LogP) is 5.65. The van der Waals surface area contributed by atoms with Gasteiger partial charge < -0.3 is 5.32 Å². The molecule has 0 saturated heterocycles. The summed E-state index contributed by atoms with van der Waals surface area (Å²) in [5.74, 6) is -0.404. The van der Waals surface area contributed by atoms with Crippen LogP contribution < -0.4 is 9.62 Å². The normalized spacial score (nSPS) is 12.3. The summed E-state index contributed by atoms with van der Waals surface area (Å²) < 4.78 is 28.2. The second-order valence-corrected chi connectivity index (χ2v) is 10.6. The molecule has 0 radical (unpaired) electrons. The van der Waals surface area contributed by atoms with Crippen LogP contribution in [0.15, 0.2) is 65.6 Å². The molecular formula is C26H29ClN2O3S. The van der Waals surface area contributed by atoms with Crippen molar-refractivity contribution < 1.29 is 13.2 Å². The number of halogens is 1. The van der Waals surface area contributed by atoms with Crippen LogP contribution in [-0.2, 0) is 14.8 Å². The molecule has 0 aliphatic heterocycles. The van der Waals surface area contributed by atoms with Crippen LogP contribution >= 0.6 is 11.6 Å². The van der Waals surface area contributed by atoms with Gasteiger partial charge in [0.2, 0.25) is 5.91 Å². The molecule has 1 amide bonds. The molecule has 3 rings (SSSR count). The van der Waals surface area contributed by atoms with Gasteiger partial charge in [-0.3, -0.25) is 9.10 Å². The summed E-state index contributed by atoms with van der Waals surface area (Å²) in [4.78, 5) is 13.2. The first kappa shape index (κ1) is 24.8. The molecule has 174 valence electrons. The summed E-state index contributed by atoms with van der Waals surface area (Å²) in [5, 5.41) is 3.36. The van der Waals surface area contributed by atoms with Crippen molar-refractivity contribution in [1.82, 2.24) is 5.32 Å². The molecule has 1 N–H and O–H groups in total. The predicted molar refractivity (Wildman–Crippen MR) is 134 cm³/mol. The lowest BCUT2D eigenvalue weighted by atomic mass is 9.96. The van der Waals surface area contributed by atoms with Crippen molar-refractivity contribution in [3.8, 4) is 0 Å². The topological polar surface area (TPSA) is 66.5 Å². The highest BCUT2D eigenvalue weighted by Crippen LogP contribution is 2.29. The fourth-order valence-corrected chi connectivity index (χ4v) is 5.48. The number of hydrogen-bond acceptors (Lipinski definition) is 3. The summed E-state index contributed by atoms with van der Waals surface area (Å²) in [7, 11) is -4.00. The molecule has 0 spiro atoms. The van der Waals surface area contributed by atoms with Crippen LogP contribution in [0.1, 0.15) is 40.8 Å². The number of carbonyl (C=O) groups is 1. The molecule has 0 bridgehead atoms. The zero-order chi connectivity index (χ0) is 24.3. The van der Waals surface area contributed by atoms with Gasteiger partial charge in [-0.1, -0.05) is 48.0 Å². The second-order valence-electron chi connectivity index (χ2n) is 8.34. The summed E-state index contributed by atoms with van der Waals surface area (Å²) in [5.41, 5.74) is 5.47. The van der Waals surface area contributed by atoms with E-state index in [1.165, 1.54) is 17.7 Å². The Morgan fingerprint density at radius 3 is 2.21 bits per heavy atom. The van der Waals surface area contributed by atoms with E-state index in [0.717, 1.165) is 21.0 Å². The molecule has 0 saturated carbocycles. The van der Waals surface area contributed by atoms with E-state index in [1.807, 2.05) is 20.8 Å². The Bertz CT molecular complexity index is 1270. The Morgan fingerprint density at radius 1 is 0.909 bits per heavy atom. The van der Waals surface area contributed by atoms with Gasteiger partial charge in [0.05, 0.1) is 16.6 Å². The molecule has 0 fully saturated rings. The zero-order valence-corrected chi connectivity index (χ0v) is 21.1. The molecule has 1 unspecified atom stereocenters. The number of carbonyl (C=O) groups excluding carboxylic acids is 1. The monoisotopic (exact) mass is 484 g/mol. The molecular weight excluding hydrogens is 456 g/mol. The van der Waals surface area contributed by atoms with Gasteiger partial charge in [-0.05, 0) is 86.7 Å². The van der Waals surface area contributed by atoms with Crippen molar-refractivity contribution in [1.29, 1.82) is 0 Å². The van der Waals surface area contributed by atoms with Gasteiger partial charge in [-0.25, -0.2) is 8.42 Å². The highest BCUT2D eigenvalue weighted by Gasteiger charge is 2.29. The quantitative estimate of drug-likeness (QED) is 0.471. The number of anilines is 1. The Balaban J connectivity index is 1.94. The Kier molecular flexibility index (Phi) is 7.50. The number of benzene rings is 3. The Morgan fingerprint density at radius 2 is 1.55 bits per heavy atom.